The number of nitrogens with one attached hydrogen (secondary N) is 1. The molecule has 5 heteroatoms. The van der Waals surface area contributed by atoms with Crippen molar-refractivity contribution in [1.29, 1.82) is 0 Å². The molecule has 2 nitrogen and oxygen atoms in total. The van der Waals surface area contributed by atoms with Crippen LogP contribution >= 0.6 is 0 Å². The Kier molecular flexibility index (Phi) is 6.70. The summed E-state index contributed by atoms with van der Waals surface area (Å²) in [6.07, 6.45) is -3.48. The molecule has 33 heavy (non-hydrogen) atoms. The van der Waals surface area contributed by atoms with E-state index in [1.54, 1.807) is 19.2 Å². The van der Waals surface area contributed by atoms with E-state index < -0.39 is 11.7 Å². The van der Waals surface area contributed by atoms with Gasteiger partial charge in [0.1, 0.15) is 5.75 Å². The second kappa shape index (κ2) is 9.67. The minimum Gasteiger partial charge on any atom is -0.497 e. The number of ether oxygens (including phenoxy) is 1. The van der Waals surface area contributed by atoms with Crippen molar-refractivity contribution in [2.45, 2.75) is 32.1 Å². The summed E-state index contributed by atoms with van der Waals surface area (Å²) in [5.74, 6) is 0.817. The van der Waals surface area contributed by atoms with Crippen LogP contribution in [0, 0.1) is 0 Å². The normalized spacial score (nSPS) is 12.6. The highest BCUT2D eigenvalue weighted by atomic mass is 19.4. The van der Waals surface area contributed by atoms with Gasteiger partial charge in [-0.05, 0) is 75.8 Å². The molecule has 4 aromatic rings. The molecule has 4 rings (SSSR count). The summed E-state index contributed by atoms with van der Waals surface area (Å²) in [6.45, 7) is 2.80. The van der Waals surface area contributed by atoms with Crippen LogP contribution in [0.1, 0.15) is 36.1 Å². The van der Waals surface area contributed by atoms with E-state index in [1.165, 1.54) is 0 Å². The van der Waals surface area contributed by atoms with Gasteiger partial charge in [-0.1, -0.05) is 55.5 Å². The molecule has 0 amide bonds. The maximum absolute atomic E-state index is 13.0. The van der Waals surface area contributed by atoms with Crippen LogP contribution in [-0.4, -0.2) is 7.11 Å². The van der Waals surface area contributed by atoms with Crippen LogP contribution in [0.4, 0.5) is 13.2 Å². The molecule has 0 heterocycles. The topological polar surface area (TPSA) is 21.3 Å². The van der Waals surface area contributed by atoms with Crippen molar-refractivity contribution < 1.29 is 17.9 Å². The van der Waals surface area contributed by atoms with Crippen molar-refractivity contribution in [2.24, 2.45) is 0 Å². The molecule has 0 radical (unpaired) electrons. The van der Waals surface area contributed by atoms with Crippen LogP contribution in [0.25, 0.3) is 21.9 Å². The Morgan fingerprint density at radius 3 is 2.33 bits per heavy atom. The fourth-order valence-corrected chi connectivity index (χ4v) is 4.13. The lowest BCUT2D eigenvalue weighted by atomic mass is 9.92. The molecular formula is C28H26F3NO. The Hall–Kier alpha value is -3.31. The number of alkyl halides is 3. The minimum absolute atomic E-state index is 0.0917. The van der Waals surface area contributed by atoms with Crippen molar-refractivity contribution in [3.8, 4) is 16.9 Å². The quantitative estimate of drug-likeness (QED) is 0.311. The number of benzene rings is 4. The van der Waals surface area contributed by atoms with Gasteiger partial charge < -0.3 is 10.1 Å². The molecule has 1 N–H and O–H groups in total. The fraction of sp³-hybridized carbons (Fsp3) is 0.214. The van der Waals surface area contributed by atoms with E-state index >= 15 is 0 Å². The SMILES string of the molecule is CCC(NCc1cccc(OC)c1)c1cc(-c2ccc(C(F)(F)F)cc2)c2ccccc2c1. The van der Waals surface area contributed by atoms with Gasteiger partial charge in [0.25, 0.3) is 0 Å². The molecule has 0 bridgehead atoms. The molecule has 1 atom stereocenters. The second-order valence-corrected chi connectivity index (χ2v) is 8.06. The van der Waals surface area contributed by atoms with E-state index in [1.807, 2.05) is 42.5 Å². The average Bonchev–Trinajstić information content (AvgIpc) is 2.83. The summed E-state index contributed by atoms with van der Waals surface area (Å²) in [7, 11) is 1.65. The molecular weight excluding hydrogens is 423 g/mol. The number of hydrogen-bond donors (Lipinski definition) is 1. The lowest BCUT2D eigenvalue weighted by molar-refractivity contribution is -0.137. The number of halogens is 3. The van der Waals surface area contributed by atoms with E-state index in [-0.39, 0.29) is 6.04 Å². The van der Waals surface area contributed by atoms with Crippen molar-refractivity contribution >= 4 is 10.8 Å². The first kappa shape index (κ1) is 22.9. The molecule has 170 valence electrons. The zero-order valence-corrected chi connectivity index (χ0v) is 18.6. The zero-order chi connectivity index (χ0) is 23.4. The Balaban J connectivity index is 1.69. The highest BCUT2D eigenvalue weighted by Gasteiger charge is 2.30. The number of fused-ring (bicyclic) bond motifs is 1. The van der Waals surface area contributed by atoms with Crippen LogP contribution in [-0.2, 0) is 12.7 Å². The smallest absolute Gasteiger partial charge is 0.416 e. The summed E-state index contributed by atoms with van der Waals surface area (Å²) in [4.78, 5) is 0. The molecule has 0 saturated carbocycles. The third kappa shape index (κ3) is 5.20. The second-order valence-electron chi connectivity index (χ2n) is 8.06. The van der Waals surface area contributed by atoms with Gasteiger partial charge in [-0.2, -0.15) is 13.2 Å². The zero-order valence-electron chi connectivity index (χ0n) is 18.6. The molecule has 4 aromatic carbocycles. The Morgan fingerprint density at radius 2 is 1.64 bits per heavy atom. The van der Waals surface area contributed by atoms with Gasteiger partial charge in [-0.25, -0.2) is 0 Å². The Labute approximate surface area is 192 Å². The van der Waals surface area contributed by atoms with Crippen molar-refractivity contribution in [1.82, 2.24) is 5.32 Å². The fourth-order valence-electron chi connectivity index (χ4n) is 4.13. The first-order valence-electron chi connectivity index (χ1n) is 11.0. The van der Waals surface area contributed by atoms with Gasteiger partial charge >= 0.3 is 6.18 Å². The predicted molar refractivity (Wildman–Crippen MR) is 127 cm³/mol. The third-order valence-corrected chi connectivity index (χ3v) is 5.90. The molecule has 0 aliphatic heterocycles. The molecule has 0 aromatic heterocycles. The summed E-state index contributed by atoms with van der Waals surface area (Å²) >= 11 is 0. The monoisotopic (exact) mass is 449 g/mol. The summed E-state index contributed by atoms with van der Waals surface area (Å²) in [5.41, 5.74) is 3.28. The number of rotatable bonds is 7. The van der Waals surface area contributed by atoms with Crippen molar-refractivity contribution in [3.05, 3.63) is 102 Å². The molecule has 0 aliphatic rings. The highest BCUT2D eigenvalue weighted by Crippen LogP contribution is 2.35. The maximum Gasteiger partial charge on any atom is 0.416 e. The summed E-state index contributed by atoms with van der Waals surface area (Å²) in [6, 6.07) is 25.7. The van der Waals surface area contributed by atoms with Crippen molar-refractivity contribution in [3.63, 3.8) is 0 Å². The van der Waals surface area contributed by atoms with E-state index in [2.05, 4.69) is 30.4 Å². The van der Waals surface area contributed by atoms with Gasteiger partial charge in [-0.3, -0.25) is 0 Å². The lowest BCUT2D eigenvalue weighted by Gasteiger charge is -2.20. The summed E-state index contributed by atoms with van der Waals surface area (Å²) < 4.78 is 44.5. The van der Waals surface area contributed by atoms with E-state index in [0.29, 0.717) is 6.54 Å². The van der Waals surface area contributed by atoms with E-state index in [0.717, 1.165) is 57.3 Å². The van der Waals surface area contributed by atoms with Gasteiger partial charge in [0.15, 0.2) is 0 Å². The molecule has 0 spiro atoms. The van der Waals surface area contributed by atoms with Crippen LogP contribution < -0.4 is 10.1 Å². The average molecular weight is 450 g/mol. The third-order valence-electron chi connectivity index (χ3n) is 5.90. The predicted octanol–water partition coefficient (Wildman–Crippen LogP) is 7.78. The Morgan fingerprint density at radius 1 is 0.879 bits per heavy atom. The van der Waals surface area contributed by atoms with Gasteiger partial charge in [0.2, 0.25) is 0 Å². The van der Waals surface area contributed by atoms with Crippen molar-refractivity contribution in [2.75, 3.05) is 7.11 Å². The Bertz CT molecular complexity index is 1230. The number of methoxy groups -OCH3 is 1. The van der Waals surface area contributed by atoms with Crippen LogP contribution in [0.5, 0.6) is 5.75 Å². The minimum atomic E-state index is -4.35. The first-order valence-corrected chi connectivity index (χ1v) is 11.0. The highest BCUT2D eigenvalue weighted by molar-refractivity contribution is 5.97. The van der Waals surface area contributed by atoms with Crippen LogP contribution in [0.3, 0.4) is 0 Å². The molecule has 0 saturated heterocycles. The molecule has 0 fully saturated rings. The molecule has 0 aliphatic carbocycles. The number of hydrogen-bond acceptors (Lipinski definition) is 2. The largest absolute Gasteiger partial charge is 0.497 e. The van der Waals surface area contributed by atoms with Gasteiger partial charge in [-0.15, -0.1) is 0 Å². The lowest BCUT2D eigenvalue weighted by Crippen LogP contribution is -2.20. The van der Waals surface area contributed by atoms with Gasteiger partial charge in [0.05, 0.1) is 12.7 Å². The standard InChI is InChI=1S/C28H26F3NO/c1-3-27(32-18-19-7-6-9-24(15-19)33-2)22-16-21-8-4-5-10-25(21)26(17-22)20-11-13-23(14-12-20)28(29,30)31/h4-17,27,32H,3,18H2,1-2H3. The van der Waals surface area contributed by atoms with E-state index in [9.17, 15) is 13.2 Å². The molecule has 1 unspecified atom stereocenters. The summed E-state index contributed by atoms with van der Waals surface area (Å²) in [5, 5.41) is 5.70. The van der Waals surface area contributed by atoms with E-state index in [4.69, 9.17) is 4.74 Å². The van der Waals surface area contributed by atoms with Crippen LogP contribution in [0.2, 0.25) is 0 Å². The van der Waals surface area contributed by atoms with Gasteiger partial charge in [0, 0.05) is 12.6 Å². The first-order chi connectivity index (χ1) is 15.9. The van der Waals surface area contributed by atoms with Crippen LogP contribution in [0.15, 0.2) is 84.9 Å². The maximum atomic E-state index is 13.0.